The van der Waals surface area contributed by atoms with Crippen molar-refractivity contribution in [2.75, 3.05) is 53.4 Å². The number of hydrogen-bond acceptors (Lipinski definition) is 7. The Morgan fingerprint density at radius 3 is 2.48 bits per heavy atom. The van der Waals surface area contributed by atoms with Crippen LogP contribution in [0.4, 0.5) is 0 Å². The van der Waals surface area contributed by atoms with Gasteiger partial charge in [-0.05, 0) is 90.3 Å². The normalized spacial score (nSPS) is 43.8. The summed E-state index contributed by atoms with van der Waals surface area (Å²) < 4.78 is 6.04. The second kappa shape index (κ2) is 11.6. The van der Waals surface area contributed by atoms with Crippen molar-refractivity contribution >= 4 is 0 Å². The summed E-state index contributed by atoms with van der Waals surface area (Å²) >= 11 is 0. The van der Waals surface area contributed by atoms with E-state index in [1.165, 1.54) is 96.9 Å². The summed E-state index contributed by atoms with van der Waals surface area (Å²) in [4.78, 5) is 5.17. The highest BCUT2D eigenvalue weighted by Crippen LogP contribution is 2.32. The molecule has 0 aromatic carbocycles. The van der Waals surface area contributed by atoms with E-state index >= 15 is 0 Å². The lowest BCUT2D eigenvalue weighted by molar-refractivity contribution is -0.0104. The Labute approximate surface area is 202 Å². The maximum atomic E-state index is 6.04. The average molecular weight is 463 g/mol. The first-order valence-electron chi connectivity index (χ1n) is 14.1. The minimum Gasteiger partial charge on any atom is -0.380 e. The molecule has 33 heavy (non-hydrogen) atoms. The summed E-state index contributed by atoms with van der Waals surface area (Å²) in [7, 11) is 4.16. The topological polar surface area (TPSA) is 63.8 Å². The van der Waals surface area contributed by atoms with Crippen molar-refractivity contribution in [2.45, 2.75) is 107 Å². The van der Waals surface area contributed by atoms with Gasteiger partial charge in [-0.1, -0.05) is 0 Å². The van der Waals surface area contributed by atoms with Gasteiger partial charge in [0, 0.05) is 63.5 Å². The average Bonchev–Trinajstić information content (AvgIpc) is 2.85. The maximum Gasteiger partial charge on any atom is 0.0739 e. The molecule has 0 spiro atoms. The monoisotopic (exact) mass is 462 g/mol. The number of methoxy groups -OCH3 is 1. The zero-order valence-corrected chi connectivity index (χ0v) is 21.2. The van der Waals surface area contributed by atoms with E-state index in [0.717, 1.165) is 24.5 Å². The molecule has 7 nitrogen and oxygen atoms in total. The summed E-state index contributed by atoms with van der Waals surface area (Å²) in [5.41, 5.74) is 0. The zero-order valence-electron chi connectivity index (χ0n) is 21.2. The van der Waals surface area contributed by atoms with Crippen molar-refractivity contribution in [1.82, 2.24) is 31.1 Å². The molecule has 5 aliphatic rings. The van der Waals surface area contributed by atoms with E-state index in [1.807, 2.05) is 7.11 Å². The molecule has 5 fully saturated rings. The largest absolute Gasteiger partial charge is 0.380 e. The second-order valence-electron chi connectivity index (χ2n) is 11.7. The lowest BCUT2D eigenvalue weighted by Crippen LogP contribution is -2.61. The molecule has 0 aromatic rings. The second-order valence-corrected chi connectivity index (χ2v) is 11.7. The van der Waals surface area contributed by atoms with Crippen LogP contribution in [0, 0.1) is 5.92 Å². The van der Waals surface area contributed by atoms with Gasteiger partial charge in [-0.3, -0.25) is 10.2 Å². The van der Waals surface area contributed by atoms with Gasteiger partial charge in [-0.2, -0.15) is 0 Å². The van der Waals surface area contributed by atoms with Crippen LogP contribution in [0.2, 0.25) is 0 Å². The van der Waals surface area contributed by atoms with Crippen LogP contribution in [0.1, 0.15) is 64.2 Å². The van der Waals surface area contributed by atoms with Crippen LogP contribution in [0.25, 0.3) is 0 Å². The summed E-state index contributed by atoms with van der Waals surface area (Å²) in [6, 6.07) is 3.33. The quantitative estimate of drug-likeness (QED) is 0.475. The summed E-state index contributed by atoms with van der Waals surface area (Å²) in [5, 5.41) is 15.6. The van der Waals surface area contributed by atoms with Crippen molar-refractivity contribution in [2.24, 2.45) is 5.92 Å². The Kier molecular flexibility index (Phi) is 8.61. The van der Waals surface area contributed by atoms with E-state index < -0.39 is 0 Å². The Morgan fingerprint density at radius 2 is 1.64 bits per heavy atom. The highest BCUT2D eigenvalue weighted by molar-refractivity contribution is 4.95. The number of likely N-dealkylation sites (N-methyl/N-ethyl adjacent to an activating group) is 1. The number of hydrogen-bond donors (Lipinski definition) is 4. The van der Waals surface area contributed by atoms with Gasteiger partial charge in [0.05, 0.1) is 12.3 Å². The number of piperazine rings is 1. The van der Waals surface area contributed by atoms with E-state index in [0.29, 0.717) is 30.4 Å². The van der Waals surface area contributed by atoms with Crippen molar-refractivity contribution < 1.29 is 4.74 Å². The molecule has 2 saturated carbocycles. The maximum absolute atomic E-state index is 6.04. The fraction of sp³-hybridized carbons (Fsp3) is 1.00. The zero-order chi connectivity index (χ0) is 22.6. The Bertz CT molecular complexity index is 599. The van der Waals surface area contributed by atoms with Crippen molar-refractivity contribution in [3.8, 4) is 0 Å². The van der Waals surface area contributed by atoms with Gasteiger partial charge in [-0.25, -0.2) is 0 Å². The number of rotatable bonds is 6. The third-order valence-electron chi connectivity index (χ3n) is 9.55. The molecule has 8 unspecified atom stereocenters. The SMILES string of the molecule is COC1CC(N2CCN(C)CC2)CCC1NC1CC(NC2CCC3NCCCC3C2)CCN1. The van der Waals surface area contributed by atoms with Crippen LogP contribution < -0.4 is 21.3 Å². The lowest BCUT2D eigenvalue weighted by atomic mass is 9.77. The Hall–Kier alpha value is -0.280. The Balaban J connectivity index is 1.08. The molecule has 0 amide bonds. The highest BCUT2D eigenvalue weighted by Gasteiger charge is 2.37. The first kappa shape index (κ1) is 24.4. The third-order valence-corrected chi connectivity index (χ3v) is 9.55. The van der Waals surface area contributed by atoms with Crippen LogP contribution >= 0.6 is 0 Å². The predicted molar refractivity (Wildman–Crippen MR) is 135 cm³/mol. The molecule has 190 valence electrons. The predicted octanol–water partition coefficient (Wildman–Crippen LogP) is 1.35. The summed E-state index contributed by atoms with van der Waals surface area (Å²) in [6.45, 7) is 7.19. The van der Waals surface area contributed by atoms with Crippen molar-refractivity contribution in [3.63, 3.8) is 0 Å². The standard InChI is InChI=1S/C26H50N6O/c1-31-12-14-32(15-13-31)22-6-8-24(25(18-22)33-2)30-26-17-21(9-11-28-26)29-20-5-7-23-19(16-20)4-3-10-27-23/h19-30H,3-18H2,1-2H3. The number of nitrogens with one attached hydrogen (secondary N) is 4. The Morgan fingerprint density at radius 1 is 0.788 bits per heavy atom. The fourth-order valence-electron chi connectivity index (χ4n) is 7.52. The minimum absolute atomic E-state index is 0.327. The van der Waals surface area contributed by atoms with Crippen LogP contribution in [-0.2, 0) is 4.74 Å². The minimum atomic E-state index is 0.327. The molecule has 3 heterocycles. The van der Waals surface area contributed by atoms with Crippen molar-refractivity contribution in [3.05, 3.63) is 0 Å². The van der Waals surface area contributed by atoms with Gasteiger partial charge in [0.1, 0.15) is 0 Å². The van der Waals surface area contributed by atoms with Crippen LogP contribution in [-0.4, -0.2) is 106 Å². The van der Waals surface area contributed by atoms with Crippen LogP contribution in [0.5, 0.6) is 0 Å². The fourth-order valence-corrected chi connectivity index (χ4v) is 7.52. The smallest absolute Gasteiger partial charge is 0.0739 e. The van der Waals surface area contributed by atoms with E-state index in [9.17, 15) is 0 Å². The lowest BCUT2D eigenvalue weighted by Gasteiger charge is -2.45. The van der Waals surface area contributed by atoms with Gasteiger partial charge in [0.25, 0.3) is 0 Å². The number of ether oxygens (including phenoxy) is 1. The molecule has 4 N–H and O–H groups in total. The molecule has 5 rings (SSSR count). The summed E-state index contributed by atoms with van der Waals surface area (Å²) in [6.07, 6.45) is 13.8. The number of fused-ring (bicyclic) bond motifs is 1. The number of piperidine rings is 2. The van der Waals surface area contributed by atoms with Gasteiger partial charge in [-0.15, -0.1) is 0 Å². The van der Waals surface area contributed by atoms with E-state index in [2.05, 4.69) is 38.1 Å². The molecule has 0 bridgehead atoms. The third kappa shape index (κ3) is 6.29. The van der Waals surface area contributed by atoms with Gasteiger partial charge in [0.2, 0.25) is 0 Å². The van der Waals surface area contributed by atoms with Gasteiger partial charge >= 0.3 is 0 Å². The van der Waals surface area contributed by atoms with E-state index in [4.69, 9.17) is 4.74 Å². The highest BCUT2D eigenvalue weighted by atomic mass is 16.5. The molecule has 3 saturated heterocycles. The first-order valence-corrected chi connectivity index (χ1v) is 14.1. The van der Waals surface area contributed by atoms with Crippen LogP contribution in [0.3, 0.4) is 0 Å². The molecule has 0 radical (unpaired) electrons. The molecule has 8 atom stereocenters. The molecule has 7 heteroatoms. The van der Waals surface area contributed by atoms with E-state index in [1.54, 1.807) is 0 Å². The van der Waals surface area contributed by atoms with Gasteiger partial charge < -0.3 is 25.6 Å². The molecular weight excluding hydrogens is 412 g/mol. The molecule has 2 aliphatic carbocycles. The first-order chi connectivity index (χ1) is 16.2. The summed E-state index contributed by atoms with van der Waals surface area (Å²) in [5.74, 6) is 0.901. The number of nitrogens with zero attached hydrogens (tertiary/aromatic N) is 2. The molecule has 3 aliphatic heterocycles. The van der Waals surface area contributed by atoms with E-state index in [-0.39, 0.29) is 0 Å². The molecule has 0 aromatic heterocycles. The van der Waals surface area contributed by atoms with Crippen LogP contribution in [0.15, 0.2) is 0 Å². The van der Waals surface area contributed by atoms with Crippen molar-refractivity contribution in [1.29, 1.82) is 0 Å². The van der Waals surface area contributed by atoms with Gasteiger partial charge in [0.15, 0.2) is 0 Å². The molecular formula is C26H50N6O.